The first kappa shape index (κ1) is 10.5. The Balaban J connectivity index is 2.18. The van der Waals surface area contributed by atoms with E-state index in [0.717, 1.165) is 19.0 Å². The van der Waals surface area contributed by atoms with Crippen molar-refractivity contribution in [2.24, 2.45) is 11.7 Å². The van der Waals surface area contributed by atoms with Gasteiger partial charge < -0.3 is 5.73 Å². The molecule has 0 radical (unpaired) electrons. The van der Waals surface area contributed by atoms with Gasteiger partial charge in [0.2, 0.25) is 5.91 Å². The quantitative estimate of drug-likeness (QED) is 0.708. The Morgan fingerprint density at radius 1 is 1.46 bits per heavy atom. The summed E-state index contributed by atoms with van der Waals surface area (Å²) in [4.78, 5) is 12.8. The molecule has 2 N–H and O–H groups in total. The number of carbonyl (C=O) groups is 1. The summed E-state index contributed by atoms with van der Waals surface area (Å²) in [6.07, 6.45) is 5.09. The number of likely N-dealkylation sites (tertiary alicyclic amines) is 1. The molecule has 3 nitrogen and oxygen atoms in total. The van der Waals surface area contributed by atoms with Crippen molar-refractivity contribution in [3.8, 4) is 0 Å². The molecule has 0 bridgehead atoms. The van der Waals surface area contributed by atoms with E-state index in [-0.39, 0.29) is 5.91 Å². The van der Waals surface area contributed by atoms with Crippen LogP contribution in [0, 0.1) is 5.92 Å². The van der Waals surface area contributed by atoms with Crippen LogP contribution < -0.4 is 5.73 Å². The third-order valence-corrected chi connectivity index (χ3v) is 2.78. The van der Waals surface area contributed by atoms with Gasteiger partial charge >= 0.3 is 0 Å². The normalized spacial score (nSPS) is 20.4. The summed E-state index contributed by atoms with van der Waals surface area (Å²) >= 11 is 0. The first-order chi connectivity index (χ1) is 6.22. The van der Waals surface area contributed by atoms with Gasteiger partial charge in [0, 0.05) is 0 Å². The predicted octanol–water partition coefficient (Wildman–Crippen LogP) is 0.984. The molecule has 0 aliphatic carbocycles. The van der Waals surface area contributed by atoms with Gasteiger partial charge in [0.1, 0.15) is 0 Å². The molecule has 0 aromatic carbocycles. The van der Waals surface area contributed by atoms with E-state index in [1.54, 1.807) is 0 Å². The Kier molecular flexibility index (Phi) is 4.22. The smallest absolute Gasteiger partial charge is 0.231 e. The molecule has 0 unspecified atom stereocenters. The van der Waals surface area contributed by atoms with Gasteiger partial charge in [-0.15, -0.1) is 0 Å². The highest BCUT2D eigenvalue weighted by molar-refractivity contribution is 5.75. The van der Waals surface area contributed by atoms with Crippen molar-refractivity contribution >= 4 is 5.91 Å². The van der Waals surface area contributed by atoms with Crippen molar-refractivity contribution in [3.63, 3.8) is 0 Å². The highest BCUT2D eigenvalue weighted by atomic mass is 16.1. The standard InChI is InChI=1S/C10H20N2O/c1-2-3-9-4-6-12(7-5-9)8-10(11)13/h9H,2-8H2,1H3,(H2,11,13). The van der Waals surface area contributed by atoms with Crippen LogP contribution in [0.1, 0.15) is 32.6 Å². The molecule has 0 spiro atoms. The summed E-state index contributed by atoms with van der Waals surface area (Å²) in [7, 11) is 0. The maximum atomic E-state index is 10.7. The minimum absolute atomic E-state index is 0.200. The maximum Gasteiger partial charge on any atom is 0.231 e. The highest BCUT2D eigenvalue weighted by Gasteiger charge is 2.18. The molecule has 1 fully saturated rings. The van der Waals surface area contributed by atoms with Crippen molar-refractivity contribution in [1.82, 2.24) is 4.90 Å². The largest absolute Gasteiger partial charge is 0.369 e. The molecule has 13 heavy (non-hydrogen) atoms. The van der Waals surface area contributed by atoms with Gasteiger partial charge in [0.25, 0.3) is 0 Å². The van der Waals surface area contributed by atoms with Gasteiger partial charge in [0.05, 0.1) is 6.54 Å². The SMILES string of the molecule is CCCC1CCN(CC(N)=O)CC1. The van der Waals surface area contributed by atoms with Crippen LogP contribution >= 0.6 is 0 Å². The molecule has 0 aromatic heterocycles. The minimum atomic E-state index is -0.200. The molecule has 0 aromatic rings. The second kappa shape index (κ2) is 5.22. The Morgan fingerprint density at radius 3 is 2.54 bits per heavy atom. The fourth-order valence-corrected chi connectivity index (χ4v) is 2.06. The average molecular weight is 184 g/mol. The summed E-state index contributed by atoms with van der Waals surface area (Å²) in [6.45, 7) is 4.77. The number of hydrogen-bond acceptors (Lipinski definition) is 2. The highest BCUT2D eigenvalue weighted by Crippen LogP contribution is 2.21. The minimum Gasteiger partial charge on any atom is -0.369 e. The van der Waals surface area contributed by atoms with Gasteiger partial charge in [-0.05, 0) is 31.8 Å². The summed E-state index contributed by atoms with van der Waals surface area (Å²) in [5.74, 6) is 0.683. The first-order valence-corrected chi connectivity index (χ1v) is 5.23. The van der Waals surface area contributed by atoms with Crippen LogP contribution in [0.3, 0.4) is 0 Å². The third kappa shape index (κ3) is 3.77. The molecule has 3 heteroatoms. The summed E-state index contributed by atoms with van der Waals surface area (Å²) < 4.78 is 0. The lowest BCUT2D eigenvalue weighted by atomic mass is 9.92. The van der Waals surface area contributed by atoms with E-state index in [1.165, 1.54) is 25.7 Å². The van der Waals surface area contributed by atoms with E-state index in [9.17, 15) is 4.79 Å². The average Bonchev–Trinajstić information content (AvgIpc) is 2.08. The molecule has 1 aliphatic rings. The zero-order chi connectivity index (χ0) is 9.68. The number of hydrogen-bond donors (Lipinski definition) is 1. The molecule has 1 aliphatic heterocycles. The predicted molar refractivity (Wildman–Crippen MR) is 53.3 cm³/mol. The summed E-state index contributed by atoms with van der Waals surface area (Å²) in [6, 6.07) is 0. The van der Waals surface area contributed by atoms with Crippen molar-refractivity contribution < 1.29 is 4.79 Å². The van der Waals surface area contributed by atoms with E-state index >= 15 is 0 Å². The number of primary amides is 1. The fourth-order valence-electron chi connectivity index (χ4n) is 2.06. The zero-order valence-corrected chi connectivity index (χ0v) is 8.46. The lowest BCUT2D eigenvalue weighted by Crippen LogP contribution is -2.39. The topological polar surface area (TPSA) is 46.3 Å². The van der Waals surface area contributed by atoms with Gasteiger partial charge in [-0.2, -0.15) is 0 Å². The lowest BCUT2D eigenvalue weighted by molar-refractivity contribution is -0.119. The molecule has 0 saturated carbocycles. The summed E-state index contributed by atoms with van der Waals surface area (Å²) in [5, 5.41) is 0. The van der Waals surface area contributed by atoms with E-state index in [1.807, 2.05) is 0 Å². The van der Waals surface area contributed by atoms with Gasteiger partial charge in [0.15, 0.2) is 0 Å². The molecular formula is C10H20N2O. The monoisotopic (exact) mass is 184 g/mol. The Labute approximate surface area is 80.3 Å². The van der Waals surface area contributed by atoms with Crippen LogP contribution in [-0.4, -0.2) is 30.4 Å². The van der Waals surface area contributed by atoms with E-state index < -0.39 is 0 Å². The third-order valence-electron chi connectivity index (χ3n) is 2.78. The number of amides is 1. The van der Waals surface area contributed by atoms with Crippen LogP contribution in [0.15, 0.2) is 0 Å². The zero-order valence-electron chi connectivity index (χ0n) is 8.46. The molecule has 1 amide bonds. The molecule has 1 heterocycles. The Morgan fingerprint density at radius 2 is 2.08 bits per heavy atom. The molecule has 1 rings (SSSR count). The van der Waals surface area contributed by atoms with Crippen LogP contribution in [0.25, 0.3) is 0 Å². The Hall–Kier alpha value is -0.570. The molecule has 76 valence electrons. The van der Waals surface area contributed by atoms with Gasteiger partial charge in [-0.3, -0.25) is 9.69 Å². The van der Waals surface area contributed by atoms with Crippen molar-refractivity contribution in [1.29, 1.82) is 0 Å². The van der Waals surface area contributed by atoms with E-state index in [2.05, 4.69) is 11.8 Å². The number of nitrogens with two attached hydrogens (primary N) is 1. The van der Waals surface area contributed by atoms with Crippen LogP contribution in [0.4, 0.5) is 0 Å². The van der Waals surface area contributed by atoms with Gasteiger partial charge in [-0.1, -0.05) is 19.8 Å². The number of nitrogens with zero attached hydrogens (tertiary/aromatic N) is 1. The number of piperidine rings is 1. The molecule has 0 atom stereocenters. The van der Waals surface area contributed by atoms with Crippen LogP contribution in [0.5, 0.6) is 0 Å². The van der Waals surface area contributed by atoms with E-state index in [4.69, 9.17) is 5.73 Å². The van der Waals surface area contributed by atoms with Crippen molar-refractivity contribution in [3.05, 3.63) is 0 Å². The van der Waals surface area contributed by atoms with Crippen molar-refractivity contribution in [2.75, 3.05) is 19.6 Å². The first-order valence-electron chi connectivity index (χ1n) is 5.23. The van der Waals surface area contributed by atoms with Crippen LogP contribution in [-0.2, 0) is 4.79 Å². The lowest BCUT2D eigenvalue weighted by Gasteiger charge is -2.30. The van der Waals surface area contributed by atoms with Crippen molar-refractivity contribution in [2.45, 2.75) is 32.6 Å². The van der Waals surface area contributed by atoms with Gasteiger partial charge in [-0.25, -0.2) is 0 Å². The molecule has 1 saturated heterocycles. The fraction of sp³-hybridized carbons (Fsp3) is 0.900. The van der Waals surface area contributed by atoms with E-state index in [0.29, 0.717) is 6.54 Å². The number of rotatable bonds is 4. The second-order valence-electron chi connectivity index (χ2n) is 3.97. The molecular weight excluding hydrogens is 164 g/mol. The van der Waals surface area contributed by atoms with Crippen LogP contribution in [0.2, 0.25) is 0 Å². The summed E-state index contributed by atoms with van der Waals surface area (Å²) in [5.41, 5.74) is 5.14. The maximum absolute atomic E-state index is 10.7. The number of carbonyl (C=O) groups excluding carboxylic acids is 1. The second-order valence-corrected chi connectivity index (χ2v) is 3.97. The Bertz CT molecular complexity index is 162.